The lowest BCUT2D eigenvalue weighted by atomic mass is 9.70. The van der Waals surface area contributed by atoms with Gasteiger partial charge in [-0.1, -0.05) is 34.1 Å². The van der Waals surface area contributed by atoms with Gasteiger partial charge in [-0.25, -0.2) is 0 Å². The third kappa shape index (κ3) is 4.11. The second-order valence-corrected chi connectivity index (χ2v) is 10.7. The zero-order chi connectivity index (χ0) is 25.5. The number of nitrogens with zero attached hydrogens (tertiary/aromatic N) is 2. The third-order valence-corrected chi connectivity index (χ3v) is 8.22. The van der Waals surface area contributed by atoms with Gasteiger partial charge in [0.2, 0.25) is 5.91 Å². The van der Waals surface area contributed by atoms with Crippen LogP contribution in [0, 0.1) is 25.7 Å². The molecule has 9 heteroatoms. The van der Waals surface area contributed by atoms with E-state index in [1.807, 2.05) is 32.0 Å². The molecule has 35 heavy (non-hydrogen) atoms. The number of likely N-dealkylation sites (tertiary alicyclic amines) is 1. The second kappa shape index (κ2) is 10.0. The van der Waals surface area contributed by atoms with Gasteiger partial charge in [0, 0.05) is 30.2 Å². The predicted molar refractivity (Wildman–Crippen MR) is 134 cm³/mol. The number of fused-ring (bicyclic) bond motifs is 1. The summed E-state index contributed by atoms with van der Waals surface area (Å²) in [5.74, 6) is -2.65. The standard InChI is InChI=1S/C26H33BrN2O6/c1-5-10-28(18-13-15(3)8-9-16(18)4)24(32)22-26-14-17(27)21(35-26)19(25(33)34-6-2)20(26)23(31)29(22)11-7-12-30/h5,8-9,13,17,19-22,30H,1,6-7,10-12,14H2,2-4H3/t17?,19-,20-,21-,22?,26?/m0/s1. The fraction of sp³-hybridized carbons (Fsp3) is 0.577. The van der Waals surface area contributed by atoms with Gasteiger partial charge in [-0.15, -0.1) is 6.58 Å². The monoisotopic (exact) mass is 548 g/mol. The number of halogens is 1. The summed E-state index contributed by atoms with van der Waals surface area (Å²) in [4.78, 5) is 44.1. The van der Waals surface area contributed by atoms with Crippen molar-refractivity contribution in [3.05, 3.63) is 42.0 Å². The number of hydrogen-bond acceptors (Lipinski definition) is 6. The number of anilines is 1. The van der Waals surface area contributed by atoms with Crippen molar-refractivity contribution in [2.45, 2.75) is 56.2 Å². The van der Waals surface area contributed by atoms with Crippen LogP contribution in [-0.4, -0.2) is 76.7 Å². The van der Waals surface area contributed by atoms with Crippen LogP contribution in [0.3, 0.4) is 0 Å². The number of carbonyl (C=O) groups excluding carboxylic acids is 3. The summed E-state index contributed by atoms with van der Waals surface area (Å²) >= 11 is 3.65. The Labute approximate surface area is 214 Å². The van der Waals surface area contributed by atoms with Crippen LogP contribution >= 0.6 is 15.9 Å². The van der Waals surface area contributed by atoms with Crippen LogP contribution in [0.4, 0.5) is 5.69 Å². The van der Waals surface area contributed by atoms with Crippen LogP contribution < -0.4 is 4.90 Å². The normalized spacial score (nSPS) is 30.9. The fourth-order valence-corrected chi connectivity index (χ4v) is 6.93. The quantitative estimate of drug-likeness (QED) is 0.289. The minimum absolute atomic E-state index is 0.123. The summed E-state index contributed by atoms with van der Waals surface area (Å²) in [6.07, 6.45) is 1.84. The van der Waals surface area contributed by atoms with E-state index in [4.69, 9.17) is 9.47 Å². The SMILES string of the molecule is C=CCN(C(=O)C1N(CCCO)C(=O)[C@@H]2[C@H](C(=O)OCC)[C@H]3OC12CC3Br)c1cc(C)ccc1C. The smallest absolute Gasteiger partial charge is 0.312 e. The molecule has 0 aliphatic carbocycles. The number of carbonyl (C=O) groups is 3. The van der Waals surface area contributed by atoms with Gasteiger partial charge in [-0.2, -0.15) is 0 Å². The van der Waals surface area contributed by atoms with E-state index in [1.165, 1.54) is 4.90 Å². The highest BCUT2D eigenvalue weighted by Gasteiger charge is 2.77. The fourth-order valence-electron chi connectivity index (χ4n) is 5.99. The van der Waals surface area contributed by atoms with Crippen molar-refractivity contribution in [1.82, 2.24) is 4.90 Å². The van der Waals surface area contributed by atoms with Gasteiger partial charge < -0.3 is 24.4 Å². The number of hydrogen-bond donors (Lipinski definition) is 1. The van der Waals surface area contributed by atoms with Gasteiger partial charge in [0.15, 0.2) is 0 Å². The van der Waals surface area contributed by atoms with Gasteiger partial charge in [0.1, 0.15) is 11.6 Å². The Morgan fingerprint density at radius 1 is 1.40 bits per heavy atom. The van der Waals surface area contributed by atoms with Crippen molar-refractivity contribution in [3.8, 4) is 0 Å². The van der Waals surface area contributed by atoms with Crippen molar-refractivity contribution >= 4 is 39.4 Å². The first-order valence-corrected chi connectivity index (χ1v) is 13.0. The highest BCUT2D eigenvalue weighted by atomic mass is 79.9. The number of alkyl halides is 1. The van der Waals surface area contributed by atoms with E-state index in [9.17, 15) is 19.5 Å². The number of benzene rings is 1. The van der Waals surface area contributed by atoms with E-state index in [0.717, 1.165) is 16.8 Å². The molecule has 0 radical (unpaired) electrons. The molecule has 8 nitrogen and oxygen atoms in total. The number of rotatable bonds is 9. The summed E-state index contributed by atoms with van der Waals surface area (Å²) in [6, 6.07) is 4.96. The summed E-state index contributed by atoms with van der Waals surface area (Å²) in [7, 11) is 0. The highest BCUT2D eigenvalue weighted by Crippen LogP contribution is 2.60. The molecule has 2 amide bonds. The molecule has 190 valence electrons. The summed E-state index contributed by atoms with van der Waals surface area (Å²) in [5.41, 5.74) is 1.51. The van der Waals surface area contributed by atoms with Crippen molar-refractivity contribution in [3.63, 3.8) is 0 Å². The van der Waals surface area contributed by atoms with Crippen molar-refractivity contribution < 1.29 is 29.0 Å². The molecule has 3 aliphatic heterocycles. The average molecular weight is 549 g/mol. The number of aliphatic hydroxyl groups excluding tert-OH is 1. The van der Waals surface area contributed by atoms with Crippen molar-refractivity contribution in [2.24, 2.45) is 11.8 Å². The topological polar surface area (TPSA) is 96.4 Å². The Morgan fingerprint density at radius 2 is 2.14 bits per heavy atom. The molecule has 3 heterocycles. The molecular weight excluding hydrogens is 516 g/mol. The van der Waals surface area contributed by atoms with E-state index in [0.29, 0.717) is 12.8 Å². The van der Waals surface area contributed by atoms with E-state index in [1.54, 1.807) is 17.9 Å². The molecule has 3 fully saturated rings. The lowest BCUT2D eigenvalue weighted by Gasteiger charge is -2.37. The Bertz CT molecular complexity index is 1030. The molecule has 1 aromatic carbocycles. The summed E-state index contributed by atoms with van der Waals surface area (Å²) < 4.78 is 11.8. The average Bonchev–Trinajstić information content (AvgIpc) is 3.41. The van der Waals surface area contributed by atoms with Crippen LogP contribution in [0.25, 0.3) is 0 Å². The maximum atomic E-state index is 14.4. The summed E-state index contributed by atoms with van der Waals surface area (Å²) in [6.45, 7) is 9.98. The predicted octanol–water partition coefficient (Wildman–Crippen LogP) is 2.52. The lowest BCUT2D eigenvalue weighted by molar-refractivity contribution is -0.154. The molecule has 2 bridgehead atoms. The minimum Gasteiger partial charge on any atom is -0.466 e. The largest absolute Gasteiger partial charge is 0.466 e. The van der Waals surface area contributed by atoms with Crippen molar-refractivity contribution in [2.75, 3.05) is 31.2 Å². The first kappa shape index (κ1) is 25.9. The highest BCUT2D eigenvalue weighted by molar-refractivity contribution is 9.09. The lowest BCUT2D eigenvalue weighted by Crippen LogP contribution is -2.57. The van der Waals surface area contributed by atoms with Gasteiger partial charge in [0.05, 0.1) is 24.5 Å². The molecule has 6 atom stereocenters. The van der Waals surface area contributed by atoms with Gasteiger partial charge in [-0.05, 0) is 50.8 Å². The zero-order valence-electron chi connectivity index (χ0n) is 20.4. The minimum atomic E-state index is -1.16. The van der Waals surface area contributed by atoms with Crippen LogP contribution in [0.5, 0.6) is 0 Å². The van der Waals surface area contributed by atoms with Gasteiger partial charge in [-0.3, -0.25) is 14.4 Å². The number of aryl methyl sites for hydroxylation is 2. The van der Waals surface area contributed by atoms with E-state index >= 15 is 0 Å². The molecule has 4 rings (SSSR count). The van der Waals surface area contributed by atoms with Crippen LogP contribution in [0.1, 0.15) is 30.9 Å². The van der Waals surface area contributed by atoms with Gasteiger partial charge in [0.25, 0.3) is 5.91 Å². The van der Waals surface area contributed by atoms with Crippen LogP contribution in [-0.2, 0) is 23.9 Å². The molecule has 3 unspecified atom stereocenters. The Morgan fingerprint density at radius 3 is 2.80 bits per heavy atom. The Kier molecular flexibility index (Phi) is 7.41. The molecule has 0 aromatic heterocycles. The number of aliphatic hydroxyl groups is 1. The summed E-state index contributed by atoms with van der Waals surface area (Å²) in [5, 5.41) is 9.50. The Hall–Kier alpha value is -2.23. The number of ether oxygens (including phenoxy) is 2. The maximum absolute atomic E-state index is 14.4. The molecule has 3 saturated heterocycles. The first-order chi connectivity index (χ1) is 16.7. The van der Waals surface area contributed by atoms with Crippen LogP contribution in [0.15, 0.2) is 30.9 Å². The van der Waals surface area contributed by atoms with E-state index in [-0.39, 0.29) is 42.9 Å². The first-order valence-electron chi connectivity index (χ1n) is 12.1. The molecular formula is C26H33BrN2O6. The van der Waals surface area contributed by atoms with Gasteiger partial charge >= 0.3 is 5.97 Å². The van der Waals surface area contributed by atoms with E-state index in [2.05, 4.69) is 22.5 Å². The molecule has 0 saturated carbocycles. The van der Waals surface area contributed by atoms with E-state index < -0.39 is 35.6 Å². The molecule has 1 N–H and O–H groups in total. The maximum Gasteiger partial charge on any atom is 0.312 e. The molecule has 1 aromatic rings. The van der Waals surface area contributed by atoms with Crippen molar-refractivity contribution in [1.29, 1.82) is 0 Å². The van der Waals surface area contributed by atoms with Crippen LogP contribution in [0.2, 0.25) is 0 Å². The second-order valence-electron chi connectivity index (χ2n) is 9.55. The number of amides is 2. The number of esters is 1. The zero-order valence-corrected chi connectivity index (χ0v) is 22.0. The Balaban J connectivity index is 1.81. The third-order valence-electron chi connectivity index (χ3n) is 7.37. The molecule has 1 spiro atoms. The molecule has 3 aliphatic rings.